The molecule has 26 heavy (non-hydrogen) atoms. The fourth-order valence-electron chi connectivity index (χ4n) is 2.78. The highest BCUT2D eigenvalue weighted by atomic mass is 32.1. The van der Waals surface area contributed by atoms with E-state index in [0.29, 0.717) is 12.2 Å². The van der Waals surface area contributed by atoms with Gasteiger partial charge >= 0.3 is 0 Å². The van der Waals surface area contributed by atoms with Crippen LogP contribution in [-0.2, 0) is 6.54 Å². The van der Waals surface area contributed by atoms with Crippen molar-refractivity contribution in [1.29, 1.82) is 0 Å². The van der Waals surface area contributed by atoms with Crippen molar-refractivity contribution >= 4 is 28.1 Å². The minimum Gasteiger partial charge on any atom is -0.497 e. The summed E-state index contributed by atoms with van der Waals surface area (Å²) < 4.78 is 5.21. The quantitative estimate of drug-likeness (QED) is 0.558. The normalized spacial score (nSPS) is 10.8. The number of hydrogen-bond donors (Lipinski definition) is 2. The summed E-state index contributed by atoms with van der Waals surface area (Å²) in [6, 6.07) is 15.5. The molecule has 5 nitrogen and oxygen atoms in total. The van der Waals surface area contributed by atoms with E-state index in [1.54, 1.807) is 24.6 Å². The molecule has 0 aliphatic carbocycles. The molecule has 4 rings (SSSR count). The monoisotopic (exact) mass is 363 g/mol. The largest absolute Gasteiger partial charge is 0.497 e. The summed E-state index contributed by atoms with van der Waals surface area (Å²) in [6.07, 6.45) is 1.77. The lowest BCUT2D eigenvalue weighted by Gasteiger charge is -2.05. The molecule has 0 bridgehead atoms. The van der Waals surface area contributed by atoms with Gasteiger partial charge in [0.2, 0.25) is 0 Å². The highest BCUT2D eigenvalue weighted by Crippen LogP contribution is 2.23. The fraction of sp³-hybridized carbons (Fsp3) is 0.100. The molecule has 0 saturated carbocycles. The lowest BCUT2D eigenvalue weighted by Crippen LogP contribution is -2.23. The first kappa shape index (κ1) is 16.4. The third kappa shape index (κ3) is 3.32. The second-order valence-corrected chi connectivity index (χ2v) is 6.79. The number of carbonyl (C=O) groups is 1. The van der Waals surface area contributed by atoms with Crippen LogP contribution >= 0.6 is 11.3 Å². The number of aromatic amines is 1. The first-order chi connectivity index (χ1) is 12.7. The van der Waals surface area contributed by atoms with Crippen molar-refractivity contribution in [3.05, 3.63) is 71.4 Å². The summed E-state index contributed by atoms with van der Waals surface area (Å²) in [7, 11) is 1.62. The van der Waals surface area contributed by atoms with E-state index in [1.165, 1.54) is 0 Å². The van der Waals surface area contributed by atoms with Crippen LogP contribution < -0.4 is 10.1 Å². The number of aromatic nitrogens is 2. The van der Waals surface area contributed by atoms with Crippen molar-refractivity contribution in [2.45, 2.75) is 6.54 Å². The number of pyridine rings is 1. The van der Waals surface area contributed by atoms with Crippen LogP contribution in [-0.4, -0.2) is 23.0 Å². The topological polar surface area (TPSA) is 67.0 Å². The van der Waals surface area contributed by atoms with Gasteiger partial charge in [-0.3, -0.25) is 9.78 Å². The van der Waals surface area contributed by atoms with Crippen LogP contribution in [0, 0.1) is 0 Å². The molecule has 0 spiro atoms. The predicted molar refractivity (Wildman–Crippen MR) is 104 cm³/mol. The molecule has 0 aliphatic rings. The third-order valence-corrected chi connectivity index (χ3v) is 5.02. The Morgan fingerprint density at radius 3 is 2.96 bits per heavy atom. The molecule has 3 aromatic heterocycles. The Morgan fingerprint density at radius 1 is 1.23 bits per heavy atom. The van der Waals surface area contributed by atoms with Gasteiger partial charge < -0.3 is 15.0 Å². The molecule has 0 radical (unpaired) electrons. The van der Waals surface area contributed by atoms with E-state index in [1.807, 2.05) is 53.9 Å². The Kier molecular flexibility index (Phi) is 4.41. The Morgan fingerprint density at radius 2 is 2.15 bits per heavy atom. The smallest absolute Gasteiger partial charge is 0.267 e. The number of amides is 1. The van der Waals surface area contributed by atoms with Gasteiger partial charge in [-0.1, -0.05) is 6.07 Å². The molecule has 0 aliphatic heterocycles. The molecule has 1 aromatic carbocycles. The van der Waals surface area contributed by atoms with E-state index in [-0.39, 0.29) is 5.91 Å². The second kappa shape index (κ2) is 7.01. The first-order valence-corrected chi connectivity index (χ1v) is 9.04. The molecule has 1 amide bonds. The second-order valence-electron chi connectivity index (χ2n) is 5.85. The summed E-state index contributed by atoms with van der Waals surface area (Å²) >= 11 is 1.65. The maximum absolute atomic E-state index is 12.5. The van der Waals surface area contributed by atoms with Gasteiger partial charge in [-0.2, -0.15) is 0 Å². The summed E-state index contributed by atoms with van der Waals surface area (Å²) in [5.41, 5.74) is 3.33. The van der Waals surface area contributed by atoms with Crippen LogP contribution in [0.1, 0.15) is 16.1 Å². The Labute approximate surface area is 154 Å². The highest BCUT2D eigenvalue weighted by molar-refractivity contribution is 7.13. The molecular formula is C20H17N3O2S. The van der Waals surface area contributed by atoms with Crippen LogP contribution in [0.15, 0.2) is 60.1 Å². The number of methoxy groups -OCH3 is 1. The molecule has 130 valence electrons. The summed E-state index contributed by atoms with van der Waals surface area (Å²) in [5, 5.41) is 5.95. The van der Waals surface area contributed by atoms with Gasteiger partial charge in [0, 0.05) is 29.7 Å². The molecule has 0 saturated heterocycles. The predicted octanol–water partition coefficient (Wildman–Crippen LogP) is 4.23. The van der Waals surface area contributed by atoms with Crippen LogP contribution in [0.2, 0.25) is 0 Å². The number of benzene rings is 1. The summed E-state index contributed by atoms with van der Waals surface area (Å²) in [5.74, 6) is 0.610. The molecule has 0 atom stereocenters. The fourth-order valence-corrected chi connectivity index (χ4v) is 3.47. The number of H-pyrrole nitrogens is 1. The highest BCUT2D eigenvalue weighted by Gasteiger charge is 2.10. The van der Waals surface area contributed by atoms with Crippen molar-refractivity contribution in [3.8, 4) is 16.3 Å². The van der Waals surface area contributed by atoms with Gasteiger partial charge in [-0.05, 0) is 47.3 Å². The maximum atomic E-state index is 12.5. The number of rotatable bonds is 5. The molecule has 3 heterocycles. The molecule has 0 fully saturated rings. The van der Waals surface area contributed by atoms with Crippen molar-refractivity contribution in [3.63, 3.8) is 0 Å². The van der Waals surface area contributed by atoms with Gasteiger partial charge in [0.1, 0.15) is 11.4 Å². The van der Waals surface area contributed by atoms with Gasteiger partial charge in [0.05, 0.1) is 17.7 Å². The van der Waals surface area contributed by atoms with Crippen LogP contribution in [0.5, 0.6) is 5.75 Å². The van der Waals surface area contributed by atoms with Crippen LogP contribution in [0.25, 0.3) is 21.5 Å². The maximum Gasteiger partial charge on any atom is 0.267 e. The van der Waals surface area contributed by atoms with Crippen molar-refractivity contribution < 1.29 is 9.53 Å². The van der Waals surface area contributed by atoms with Gasteiger partial charge in [-0.15, -0.1) is 11.3 Å². The van der Waals surface area contributed by atoms with E-state index < -0.39 is 0 Å². The number of ether oxygens (including phenoxy) is 1. The zero-order valence-electron chi connectivity index (χ0n) is 14.2. The zero-order chi connectivity index (χ0) is 17.9. The Bertz CT molecular complexity index is 1050. The lowest BCUT2D eigenvalue weighted by atomic mass is 10.2. The van der Waals surface area contributed by atoms with Gasteiger partial charge in [0.25, 0.3) is 5.91 Å². The number of fused-ring (bicyclic) bond motifs is 1. The molecule has 4 aromatic rings. The lowest BCUT2D eigenvalue weighted by molar-refractivity contribution is 0.0946. The number of carbonyl (C=O) groups excluding carboxylic acids is 1. The van der Waals surface area contributed by atoms with Crippen LogP contribution in [0.4, 0.5) is 0 Å². The van der Waals surface area contributed by atoms with Gasteiger partial charge in [0.15, 0.2) is 0 Å². The SMILES string of the molecule is COc1ccc2cc(C(=O)NCc3ccnc(-c4cccs4)c3)[nH]c2c1. The van der Waals surface area contributed by atoms with Crippen molar-refractivity contribution in [2.75, 3.05) is 7.11 Å². The van der Waals surface area contributed by atoms with Crippen molar-refractivity contribution in [2.24, 2.45) is 0 Å². The van der Waals surface area contributed by atoms with E-state index in [2.05, 4.69) is 15.3 Å². The van der Waals surface area contributed by atoms with E-state index >= 15 is 0 Å². The average molecular weight is 363 g/mol. The minimum absolute atomic E-state index is 0.144. The Balaban J connectivity index is 1.48. The van der Waals surface area contributed by atoms with Gasteiger partial charge in [-0.25, -0.2) is 0 Å². The Hall–Kier alpha value is -3.12. The number of hydrogen-bond acceptors (Lipinski definition) is 4. The molecule has 6 heteroatoms. The number of nitrogens with one attached hydrogen (secondary N) is 2. The van der Waals surface area contributed by atoms with E-state index in [0.717, 1.165) is 32.8 Å². The summed E-state index contributed by atoms with van der Waals surface area (Å²) in [4.78, 5) is 21.1. The average Bonchev–Trinajstić information content (AvgIpc) is 3.35. The van der Waals surface area contributed by atoms with Crippen LogP contribution in [0.3, 0.4) is 0 Å². The zero-order valence-corrected chi connectivity index (χ0v) is 15.0. The number of thiophene rings is 1. The first-order valence-electron chi connectivity index (χ1n) is 8.17. The molecular weight excluding hydrogens is 346 g/mol. The molecule has 0 unspecified atom stereocenters. The standard InChI is InChI=1S/C20H17N3O2S/c1-25-15-5-4-14-10-18(23-16(14)11-15)20(24)22-12-13-6-7-21-17(9-13)19-3-2-8-26-19/h2-11,23H,12H2,1H3,(H,22,24). The van der Waals surface area contributed by atoms with E-state index in [4.69, 9.17) is 4.74 Å². The van der Waals surface area contributed by atoms with Crippen molar-refractivity contribution in [1.82, 2.24) is 15.3 Å². The minimum atomic E-state index is -0.144. The third-order valence-electron chi connectivity index (χ3n) is 4.13. The summed E-state index contributed by atoms with van der Waals surface area (Å²) in [6.45, 7) is 0.443. The number of nitrogens with zero attached hydrogens (tertiary/aromatic N) is 1. The molecule has 2 N–H and O–H groups in total. The van der Waals surface area contributed by atoms with E-state index in [9.17, 15) is 4.79 Å².